The van der Waals surface area contributed by atoms with Crippen molar-refractivity contribution in [2.24, 2.45) is 0 Å². The molecule has 23 heavy (non-hydrogen) atoms. The van der Waals surface area contributed by atoms with Gasteiger partial charge in [-0.25, -0.2) is 0 Å². The molecule has 1 aromatic carbocycles. The number of phenols is 1. The molecular weight excluding hydrogens is 304 g/mol. The topological polar surface area (TPSA) is 117 Å². The minimum atomic E-state index is -1.23. The largest absolute Gasteiger partial charge is 0.507 e. The van der Waals surface area contributed by atoms with Crippen LogP contribution in [0, 0.1) is 0 Å². The number of esters is 1. The molecule has 7 nitrogen and oxygen atoms in total. The molecule has 0 fully saturated rings. The number of carbonyl (C=O) groups is 1. The number of aliphatic hydroxyl groups excluding tert-OH is 2. The van der Waals surface area contributed by atoms with Gasteiger partial charge in [0, 0.05) is 0 Å². The van der Waals surface area contributed by atoms with Gasteiger partial charge in [0.15, 0.2) is 0 Å². The number of rotatable bonds is 2. The van der Waals surface area contributed by atoms with Crippen LogP contribution in [0.5, 0.6) is 5.75 Å². The van der Waals surface area contributed by atoms with E-state index in [9.17, 15) is 24.9 Å². The molecule has 3 N–H and O–H groups in total. The predicted molar refractivity (Wildman–Crippen MR) is 79.9 cm³/mol. The van der Waals surface area contributed by atoms with E-state index in [2.05, 4.69) is 4.74 Å². The van der Waals surface area contributed by atoms with Crippen molar-refractivity contribution in [3.05, 3.63) is 45.3 Å². The number of methoxy groups -OCH3 is 1. The Balaban J connectivity index is 2.37. The van der Waals surface area contributed by atoms with Crippen LogP contribution in [0.25, 0.3) is 17.0 Å². The molecule has 1 aliphatic carbocycles. The number of hydrogen-bond donors (Lipinski definition) is 3. The van der Waals surface area contributed by atoms with Crippen LogP contribution in [-0.2, 0) is 16.1 Å². The fraction of sp³-hybridized carbons (Fsp3) is 0.250. The van der Waals surface area contributed by atoms with Crippen LogP contribution in [0.2, 0.25) is 0 Å². The zero-order chi connectivity index (χ0) is 16.7. The molecule has 3 rings (SSSR count). The van der Waals surface area contributed by atoms with E-state index in [1.54, 1.807) is 0 Å². The maximum atomic E-state index is 12.7. The molecule has 0 radical (unpaired) electrons. The van der Waals surface area contributed by atoms with Crippen LogP contribution in [-0.4, -0.2) is 34.5 Å². The first-order valence-electron chi connectivity index (χ1n) is 6.85. The van der Waals surface area contributed by atoms with Crippen LogP contribution >= 0.6 is 0 Å². The number of ether oxygens (including phenoxy) is 1. The lowest BCUT2D eigenvalue weighted by Gasteiger charge is -2.23. The van der Waals surface area contributed by atoms with Crippen molar-refractivity contribution in [1.82, 2.24) is 0 Å². The lowest BCUT2D eigenvalue weighted by Crippen LogP contribution is -2.33. The van der Waals surface area contributed by atoms with Crippen molar-refractivity contribution in [1.29, 1.82) is 0 Å². The van der Waals surface area contributed by atoms with E-state index >= 15 is 0 Å². The molecule has 0 saturated heterocycles. The predicted octanol–water partition coefficient (Wildman–Crippen LogP) is 0.635. The van der Waals surface area contributed by atoms with Gasteiger partial charge in [-0.15, -0.1) is 0 Å². The number of hydrogen-bond acceptors (Lipinski definition) is 7. The molecule has 1 aromatic heterocycles. The third-order valence-electron chi connectivity index (χ3n) is 3.83. The zero-order valence-electron chi connectivity index (χ0n) is 12.1. The van der Waals surface area contributed by atoms with Gasteiger partial charge in [-0.05, 0) is 23.8 Å². The van der Waals surface area contributed by atoms with Crippen molar-refractivity contribution in [3.63, 3.8) is 0 Å². The summed E-state index contributed by atoms with van der Waals surface area (Å²) in [6.45, 7) is -0.330. The fourth-order valence-electron chi connectivity index (χ4n) is 2.75. The summed E-state index contributed by atoms with van der Waals surface area (Å²) < 4.78 is 10.2. The summed E-state index contributed by atoms with van der Waals surface area (Å²) in [5.74, 6) is -2.26. The molecule has 0 unspecified atom stereocenters. The fourth-order valence-corrected chi connectivity index (χ4v) is 2.75. The van der Waals surface area contributed by atoms with Gasteiger partial charge in [-0.2, -0.15) is 0 Å². The summed E-state index contributed by atoms with van der Waals surface area (Å²) in [7, 11) is 1.15. The Hall–Kier alpha value is -2.64. The summed E-state index contributed by atoms with van der Waals surface area (Å²) >= 11 is 0. The Morgan fingerprint density at radius 1 is 1.39 bits per heavy atom. The molecule has 7 heteroatoms. The molecular formula is C16H14O7. The van der Waals surface area contributed by atoms with E-state index in [0.717, 1.165) is 7.11 Å². The minimum Gasteiger partial charge on any atom is -0.507 e. The summed E-state index contributed by atoms with van der Waals surface area (Å²) in [6.07, 6.45) is 1.49. The Morgan fingerprint density at radius 3 is 2.78 bits per heavy atom. The van der Waals surface area contributed by atoms with Gasteiger partial charge in [-0.3, -0.25) is 9.59 Å². The molecule has 0 amide bonds. The van der Waals surface area contributed by atoms with Gasteiger partial charge < -0.3 is 24.5 Å². The normalized spacial score (nSPS) is 19.6. The van der Waals surface area contributed by atoms with E-state index in [4.69, 9.17) is 4.42 Å². The number of benzene rings is 1. The highest BCUT2D eigenvalue weighted by atomic mass is 16.5. The maximum Gasteiger partial charge on any atom is 0.316 e. The third kappa shape index (κ3) is 2.30. The number of carbonyl (C=O) groups excluding carboxylic acids is 1. The van der Waals surface area contributed by atoms with Gasteiger partial charge >= 0.3 is 5.97 Å². The summed E-state index contributed by atoms with van der Waals surface area (Å²) in [4.78, 5) is 24.7. The lowest BCUT2D eigenvalue weighted by molar-refractivity contribution is -0.144. The van der Waals surface area contributed by atoms with E-state index in [-0.39, 0.29) is 34.6 Å². The highest BCUT2D eigenvalue weighted by Crippen LogP contribution is 2.33. The van der Waals surface area contributed by atoms with Gasteiger partial charge in [0.1, 0.15) is 28.4 Å². The zero-order valence-corrected chi connectivity index (χ0v) is 12.1. The van der Waals surface area contributed by atoms with Gasteiger partial charge in [0.2, 0.25) is 5.43 Å². The molecule has 2 aromatic rings. The first-order valence-corrected chi connectivity index (χ1v) is 6.85. The smallest absolute Gasteiger partial charge is 0.316 e. The molecule has 0 aliphatic heterocycles. The van der Waals surface area contributed by atoms with Crippen LogP contribution in [0.4, 0.5) is 0 Å². The average Bonchev–Trinajstić information content (AvgIpc) is 2.54. The number of phenolic OH excluding ortho intramolecular Hbond substituents is 1. The Kier molecular flexibility index (Phi) is 3.67. The highest BCUT2D eigenvalue weighted by molar-refractivity contribution is 5.89. The second-order valence-electron chi connectivity index (χ2n) is 5.21. The quantitative estimate of drug-likeness (QED) is 0.695. The highest BCUT2D eigenvalue weighted by Gasteiger charge is 2.36. The van der Waals surface area contributed by atoms with Gasteiger partial charge in [0.05, 0.1) is 25.4 Å². The van der Waals surface area contributed by atoms with E-state index in [1.807, 2.05) is 0 Å². The number of aliphatic hydroxyl groups is 2. The summed E-state index contributed by atoms with van der Waals surface area (Å²) in [5, 5.41) is 29.1. The lowest BCUT2D eigenvalue weighted by atomic mass is 9.87. The van der Waals surface area contributed by atoms with E-state index < -0.39 is 23.4 Å². The maximum absolute atomic E-state index is 12.7. The molecule has 1 heterocycles. The van der Waals surface area contributed by atoms with Crippen molar-refractivity contribution >= 4 is 23.0 Å². The number of aromatic hydroxyl groups is 1. The van der Waals surface area contributed by atoms with Gasteiger partial charge in [-0.1, -0.05) is 6.08 Å². The van der Waals surface area contributed by atoms with Crippen LogP contribution in [0.15, 0.2) is 27.4 Å². The van der Waals surface area contributed by atoms with Crippen LogP contribution in [0.1, 0.15) is 22.8 Å². The minimum absolute atomic E-state index is 0.0635. The van der Waals surface area contributed by atoms with Gasteiger partial charge in [0.25, 0.3) is 0 Å². The SMILES string of the molecule is COC(=O)[C@@H]1c2c(oc3cc(CO)cc(O)c3c2=O)C=C[C@H]1O. The number of fused-ring (bicyclic) bond motifs is 2. The summed E-state index contributed by atoms with van der Waals surface area (Å²) in [5.41, 5.74) is -0.224. The molecule has 120 valence electrons. The van der Waals surface area contributed by atoms with Crippen molar-refractivity contribution < 1.29 is 29.3 Å². The van der Waals surface area contributed by atoms with E-state index in [0.29, 0.717) is 5.56 Å². The Morgan fingerprint density at radius 2 is 2.13 bits per heavy atom. The van der Waals surface area contributed by atoms with Crippen LogP contribution < -0.4 is 5.43 Å². The summed E-state index contributed by atoms with van der Waals surface area (Å²) in [6, 6.07) is 2.68. The second-order valence-corrected chi connectivity index (χ2v) is 5.21. The van der Waals surface area contributed by atoms with Crippen molar-refractivity contribution in [3.8, 4) is 5.75 Å². The monoisotopic (exact) mass is 318 g/mol. The first kappa shape index (κ1) is 15.3. The molecule has 0 saturated carbocycles. The Labute approximate surface area is 130 Å². The molecule has 0 bridgehead atoms. The van der Waals surface area contributed by atoms with Crippen molar-refractivity contribution in [2.45, 2.75) is 18.6 Å². The third-order valence-corrected chi connectivity index (χ3v) is 3.83. The van der Waals surface area contributed by atoms with Crippen molar-refractivity contribution in [2.75, 3.05) is 7.11 Å². The average molecular weight is 318 g/mol. The van der Waals surface area contributed by atoms with Crippen LogP contribution in [0.3, 0.4) is 0 Å². The van der Waals surface area contributed by atoms with E-state index in [1.165, 1.54) is 24.3 Å². The Bertz CT molecular complexity index is 878. The molecule has 1 aliphatic rings. The standard InChI is InChI=1S/C16H14O7/c1-22-16(21)13-8(18)2-3-10-14(13)15(20)12-9(19)4-7(6-17)5-11(12)23-10/h2-5,8,13,17-19H,6H2,1H3/t8-,13+/m1/s1. The molecule has 0 spiro atoms. The molecule has 2 atom stereocenters. The first-order chi connectivity index (χ1) is 11.0. The second kappa shape index (κ2) is 5.53.